The lowest BCUT2D eigenvalue weighted by Crippen LogP contribution is -2.36. The average Bonchev–Trinajstić information content (AvgIpc) is 3.85. The van der Waals surface area contributed by atoms with Crippen LogP contribution in [0.25, 0.3) is 77.4 Å². The third-order valence-corrected chi connectivity index (χ3v) is 11.7. The van der Waals surface area contributed by atoms with Gasteiger partial charge in [0.25, 0.3) is 0 Å². The largest absolute Gasteiger partial charge is 0.455 e. The van der Waals surface area contributed by atoms with Crippen molar-refractivity contribution in [2.24, 2.45) is 4.99 Å². The van der Waals surface area contributed by atoms with Crippen molar-refractivity contribution in [2.75, 3.05) is 7.05 Å². The minimum atomic E-state index is -0.365. The molecule has 0 saturated heterocycles. The summed E-state index contributed by atoms with van der Waals surface area (Å²) in [4.78, 5) is 7.62. The second-order valence-corrected chi connectivity index (χ2v) is 15.0. The number of likely N-dealkylation sites (N-methyl/N-ethyl adjacent to an activating group) is 1. The van der Waals surface area contributed by atoms with E-state index in [1.165, 1.54) is 0 Å². The molecule has 1 aliphatic rings. The fraction of sp³-hybridized carbons (Fsp3) is 0.0370. The lowest BCUT2D eigenvalue weighted by Gasteiger charge is -2.36. The van der Waals surface area contributed by atoms with Gasteiger partial charge >= 0.3 is 0 Å². The van der Waals surface area contributed by atoms with Crippen molar-refractivity contribution >= 4 is 55.3 Å². The van der Waals surface area contributed by atoms with E-state index in [1.54, 1.807) is 0 Å². The molecule has 1 aliphatic heterocycles. The first-order valence-electron chi connectivity index (χ1n) is 19.9. The molecule has 0 bridgehead atoms. The summed E-state index contributed by atoms with van der Waals surface area (Å²) in [5.74, 6) is 0.773. The van der Waals surface area contributed by atoms with E-state index < -0.39 is 0 Å². The van der Waals surface area contributed by atoms with Crippen LogP contribution in [0.3, 0.4) is 0 Å². The highest BCUT2D eigenvalue weighted by Gasteiger charge is 2.34. The van der Waals surface area contributed by atoms with Crippen LogP contribution in [0, 0.1) is 11.3 Å². The van der Waals surface area contributed by atoms with Crippen molar-refractivity contribution in [3.05, 3.63) is 216 Å². The Morgan fingerprint density at radius 3 is 1.88 bits per heavy atom. The zero-order chi connectivity index (χ0) is 39.5. The van der Waals surface area contributed by atoms with Gasteiger partial charge in [-0.15, -0.1) is 0 Å². The third kappa shape index (κ3) is 5.49. The molecular weight excluding hydrogens is 721 g/mol. The first kappa shape index (κ1) is 34.3. The van der Waals surface area contributed by atoms with Crippen LogP contribution >= 0.6 is 0 Å². The van der Waals surface area contributed by atoms with E-state index in [4.69, 9.17) is 9.41 Å². The zero-order valence-corrected chi connectivity index (χ0v) is 32.2. The first-order valence-corrected chi connectivity index (χ1v) is 19.9. The van der Waals surface area contributed by atoms with E-state index in [2.05, 4.69) is 156 Å². The Balaban J connectivity index is 1.27. The Bertz CT molecular complexity index is 3340. The molecule has 278 valence electrons. The van der Waals surface area contributed by atoms with Gasteiger partial charge in [-0.05, 0) is 58.7 Å². The number of fused-ring (bicyclic) bond motifs is 7. The van der Waals surface area contributed by atoms with Crippen molar-refractivity contribution in [1.29, 1.82) is 5.26 Å². The van der Waals surface area contributed by atoms with Gasteiger partial charge in [0, 0.05) is 39.9 Å². The standard InChI is InChI=1S/C54H36N4O/c1-57-52(38-24-12-5-13-25-38)44(34-55)51(37-22-10-4-11-23-37)56-54(57)39-32-43(35-18-6-2-7-19-35)49(36-20-8-3-9-21-36)47(33-39)58-45-28-16-14-27-42(45)50-46(58)31-30-41-40-26-15-17-29-48(40)59-53(41)50/h2-33,52H,1H3. The molecule has 11 rings (SSSR count). The van der Waals surface area contributed by atoms with Gasteiger partial charge < -0.3 is 13.9 Å². The van der Waals surface area contributed by atoms with Gasteiger partial charge in [0.2, 0.25) is 0 Å². The number of para-hydroxylation sites is 2. The SMILES string of the molecule is CN1C(c2cc(-c3ccccc3)c(-c3ccccc3)c(-n3c4ccccc4c4c5oc6ccccc6c5ccc43)c2)=NC(c2ccccc2)=C(C#N)C1c1ccccc1. The highest BCUT2D eigenvalue weighted by atomic mass is 16.3. The Kier molecular flexibility index (Phi) is 8.09. The molecule has 8 aromatic carbocycles. The van der Waals surface area contributed by atoms with Gasteiger partial charge in [0.15, 0.2) is 0 Å². The lowest BCUT2D eigenvalue weighted by atomic mass is 9.88. The summed E-state index contributed by atoms with van der Waals surface area (Å²) in [6.07, 6.45) is 0. The summed E-state index contributed by atoms with van der Waals surface area (Å²) < 4.78 is 9.13. The number of nitrogens with zero attached hydrogens (tertiary/aromatic N) is 4. The third-order valence-electron chi connectivity index (χ3n) is 11.7. The summed E-state index contributed by atoms with van der Waals surface area (Å²) in [7, 11) is 2.06. The number of rotatable bonds is 6. The van der Waals surface area contributed by atoms with Crippen molar-refractivity contribution in [1.82, 2.24) is 9.47 Å². The number of nitriles is 1. The summed E-state index contributed by atoms with van der Waals surface area (Å²) in [6, 6.07) is 69.8. The minimum Gasteiger partial charge on any atom is -0.455 e. The second kappa shape index (κ2) is 13.9. The summed E-state index contributed by atoms with van der Waals surface area (Å²) in [6.45, 7) is 0. The van der Waals surface area contributed by atoms with Gasteiger partial charge in [-0.2, -0.15) is 5.26 Å². The molecule has 2 aromatic heterocycles. The molecule has 1 atom stereocenters. The van der Waals surface area contributed by atoms with E-state index in [9.17, 15) is 5.26 Å². The van der Waals surface area contributed by atoms with E-state index in [0.29, 0.717) is 11.3 Å². The maximum Gasteiger partial charge on any atom is 0.145 e. The van der Waals surface area contributed by atoms with Gasteiger partial charge in [-0.3, -0.25) is 0 Å². The molecule has 59 heavy (non-hydrogen) atoms. The molecular formula is C54H36N4O. The topological polar surface area (TPSA) is 57.5 Å². The summed E-state index contributed by atoms with van der Waals surface area (Å²) in [5.41, 5.74) is 13.4. The predicted octanol–water partition coefficient (Wildman–Crippen LogP) is 13.4. The maximum atomic E-state index is 10.9. The molecule has 5 heteroatoms. The molecule has 5 nitrogen and oxygen atoms in total. The monoisotopic (exact) mass is 756 g/mol. The number of aromatic nitrogens is 1. The highest BCUT2D eigenvalue weighted by molar-refractivity contribution is 6.24. The van der Waals surface area contributed by atoms with Gasteiger partial charge in [0.1, 0.15) is 17.0 Å². The lowest BCUT2D eigenvalue weighted by molar-refractivity contribution is 0.423. The molecule has 3 heterocycles. The summed E-state index contributed by atoms with van der Waals surface area (Å²) >= 11 is 0. The van der Waals surface area contributed by atoms with E-state index in [-0.39, 0.29) is 6.04 Å². The fourth-order valence-corrected chi connectivity index (χ4v) is 9.09. The van der Waals surface area contributed by atoms with Crippen molar-refractivity contribution in [3.8, 4) is 34.0 Å². The Morgan fingerprint density at radius 2 is 1.17 bits per heavy atom. The molecule has 0 spiro atoms. The Morgan fingerprint density at radius 1 is 0.559 bits per heavy atom. The molecule has 0 fully saturated rings. The number of hydrogen-bond donors (Lipinski definition) is 0. The molecule has 0 aliphatic carbocycles. The van der Waals surface area contributed by atoms with Crippen LogP contribution in [0.5, 0.6) is 0 Å². The van der Waals surface area contributed by atoms with Gasteiger partial charge in [-0.25, -0.2) is 4.99 Å². The van der Waals surface area contributed by atoms with Crippen LogP contribution < -0.4 is 0 Å². The van der Waals surface area contributed by atoms with Crippen LogP contribution in [-0.4, -0.2) is 22.4 Å². The Labute approximate surface area is 341 Å². The van der Waals surface area contributed by atoms with Crippen LogP contribution in [0.1, 0.15) is 22.7 Å². The summed E-state index contributed by atoms with van der Waals surface area (Å²) in [5, 5.41) is 15.2. The van der Waals surface area contributed by atoms with Gasteiger partial charge in [0.05, 0.1) is 45.5 Å². The molecule has 0 radical (unpaired) electrons. The average molecular weight is 757 g/mol. The molecule has 0 amide bonds. The zero-order valence-electron chi connectivity index (χ0n) is 32.2. The maximum absolute atomic E-state index is 10.9. The minimum absolute atomic E-state index is 0.365. The number of furan rings is 1. The predicted molar refractivity (Wildman–Crippen MR) is 241 cm³/mol. The highest BCUT2D eigenvalue weighted by Crippen LogP contribution is 2.46. The van der Waals surface area contributed by atoms with Gasteiger partial charge in [-0.1, -0.05) is 158 Å². The number of aliphatic imine (C=N–C) groups is 1. The van der Waals surface area contributed by atoms with Crippen LogP contribution in [-0.2, 0) is 0 Å². The fourth-order valence-electron chi connectivity index (χ4n) is 9.09. The second-order valence-electron chi connectivity index (χ2n) is 15.0. The molecule has 0 saturated carbocycles. The van der Waals surface area contributed by atoms with Crippen LogP contribution in [0.15, 0.2) is 209 Å². The van der Waals surface area contributed by atoms with Crippen molar-refractivity contribution < 1.29 is 4.42 Å². The number of hydrogen-bond acceptors (Lipinski definition) is 4. The number of amidine groups is 1. The molecule has 1 unspecified atom stereocenters. The van der Waals surface area contributed by atoms with E-state index >= 15 is 0 Å². The molecule has 0 N–H and O–H groups in total. The first-order chi connectivity index (χ1) is 29.2. The molecule has 10 aromatic rings. The van der Waals surface area contributed by atoms with E-state index in [1.807, 2.05) is 60.7 Å². The Hall–Kier alpha value is -7.94. The van der Waals surface area contributed by atoms with Crippen LogP contribution in [0.4, 0.5) is 0 Å². The van der Waals surface area contributed by atoms with E-state index in [0.717, 1.165) is 94.2 Å². The van der Waals surface area contributed by atoms with Crippen LogP contribution in [0.2, 0.25) is 0 Å². The van der Waals surface area contributed by atoms with Crippen molar-refractivity contribution in [2.45, 2.75) is 6.04 Å². The smallest absolute Gasteiger partial charge is 0.145 e. The normalized spacial score (nSPS) is 14.3. The number of benzene rings is 8. The quantitative estimate of drug-likeness (QED) is 0.170. The van der Waals surface area contributed by atoms with Crippen molar-refractivity contribution in [3.63, 3.8) is 0 Å².